The van der Waals surface area contributed by atoms with Crippen LogP contribution >= 0.6 is 0 Å². The molecule has 3 rings (SSSR count). The van der Waals surface area contributed by atoms with Crippen molar-refractivity contribution in [2.45, 2.75) is 19.4 Å². The number of fused-ring (bicyclic) bond motifs is 1. The molecule has 0 radical (unpaired) electrons. The maximum atomic E-state index is 12.2. The highest BCUT2D eigenvalue weighted by atomic mass is 16.4. The second-order valence-corrected chi connectivity index (χ2v) is 6.02. The number of carbonyl (C=O) groups excluding carboxylic acids is 3. The van der Waals surface area contributed by atoms with E-state index >= 15 is 0 Å². The third kappa shape index (κ3) is 2.98. The lowest BCUT2D eigenvalue weighted by molar-refractivity contribution is -0.129. The van der Waals surface area contributed by atoms with Gasteiger partial charge in [0.05, 0.1) is 6.42 Å². The zero-order valence-corrected chi connectivity index (χ0v) is 14.0. The topological polar surface area (TPSA) is 99.9 Å². The average Bonchev–Trinajstić information content (AvgIpc) is 2.72. The first-order chi connectivity index (χ1) is 11.8. The van der Waals surface area contributed by atoms with Gasteiger partial charge in [0.15, 0.2) is 0 Å². The van der Waals surface area contributed by atoms with Crippen molar-refractivity contribution in [1.82, 2.24) is 9.80 Å². The van der Waals surface area contributed by atoms with Crippen LogP contribution in [0.2, 0.25) is 0 Å². The first kappa shape index (κ1) is 16.7. The van der Waals surface area contributed by atoms with Crippen molar-refractivity contribution in [1.29, 1.82) is 0 Å². The van der Waals surface area contributed by atoms with Gasteiger partial charge in [-0.05, 0) is 24.6 Å². The zero-order chi connectivity index (χ0) is 18.3. The molecule has 2 heterocycles. The quantitative estimate of drug-likeness (QED) is 0.669. The van der Waals surface area contributed by atoms with E-state index in [1.807, 2.05) is 0 Å². The fourth-order valence-corrected chi connectivity index (χ4v) is 2.87. The van der Waals surface area contributed by atoms with Crippen LogP contribution in [0.1, 0.15) is 12.0 Å². The van der Waals surface area contributed by atoms with Gasteiger partial charge in [0.2, 0.25) is 5.91 Å². The summed E-state index contributed by atoms with van der Waals surface area (Å²) in [7, 11) is 2.86. The molecule has 0 bridgehead atoms. The molecule has 2 aromatic rings. The Kier molecular flexibility index (Phi) is 4.03. The minimum Gasteiger partial charge on any atom is -0.423 e. The number of aryl methyl sites for hydroxylation is 1. The lowest BCUT2D eigenvalue weighted by atomic mass is 10.1. The molecular weight excluding hydrogens is 326 g/mol. The standard InChI is InChI=1S/C17H17N3O5/c1-9-6-15(22)25-13-7-10(4-5-11(9)13)18-14(21)8-12-16(23)20(3)17(24)19(12)2/h4-7,12H,8H2,1-3H3,(H,18,21). The van der Waals surface area contributed by atoms with E-state index in [9.17, 15) is 19.2 Å². The van der Waals surface area contributed by atoms with E-state index in [0.29, 0.717) is 11.3 Å². The highest BCUT2D eigenvalue weighted by molar-refractivity contribution is 6.06. The zero-order valence-electron chi connectivity index (χ0n) is 14.0. The number of nitrogens with one attached hydrogen (secondary N) is 1. The van der Waals surface area contributed by atoms with Crippen molar-refractivity contribution in [2.24, 2.45) is 0 Å². The van der Waals surface area contributed by atoms with Crippen molar-refractivity contribution in [3.63, 3.8) is 0 Å². The Hall–Kier alpha value is -3.16. The minimum atomic E-state index is -0.821. The molecule has 4 amide bonds. The van der Waals surface area contributed by atoms with Crippen LogP contribution in [-0.4, -0.2) is 47.8 Å². The molecule has 0 saturated carbocycles. The molecule has 1 saturated heterocycles. The molecule has 1 unspecified atom stereocenters. The molecule has 1 aliphatic rings. The molecule has 1 aliphatic heterocycles. The van der Waals surface area contributed by atoms with E-state index in [2.05, 4.69) is 5.32 Å². The van der Waals surface area contributed by atoms with Gasteiger partial charge >= 0.3 is 11.7 Å². The van der Waals surface area contributed by atoms with Gasteiger partial charge in [-0.1, -0.05) is 0 Å². The van der Waals surface area contributed by atoms with Gasteiger partial charge in [-0.25, -0.2) is 9.59 Å². The highest BCUT2D eigenvalue weighted by Gasteiger charge is 2.41. The summed E-state index contributed by atoms with van der Waals surface area (Å²) in [5, 5.41) is 3.43. The van der Waals surface area contributed by atoms with E-state index in [1.54, 1.807) is 25.1 Å². The number of rotatable bonds is 3. The van der Waals surface area contributed by atoms with Gasteiger partial charge in [-0.2, -0.15) is 0 Å². The molecule has 1 N–H and O–H groups in total. The van der Waals surface area contributed by atoms with Crippen molar-refractivity contribution in [2.75, 3.05) is 19.4 Å². The van der Waals surface area contributed by atoms with Gasteiger partial charge in [-0.15, -0.1) is 0 Å². The summed E-state index contributed by atoms with van der Waals surface area (Å²) in [6.07, 6.45) is -0.152. The van der Waals surface area contributed by atoms with Crippen LogP contribution in [0.15, 0.2) is 33.5 Å². The molecule has 0 aliphatic carbocycles. The van der Waals surface area contributed by atoms with E-state index in [0.717, 1.165) is 15.8 Å². The Morgan fingerprint density at radius 3 is 2.56 bits per heavy atom. The number of benzene rings is 1. The van der Waals surface area contributed by atoms with Crippen molar-refractivity contribution >= 4 is 34.5 Å². The number of amides is 4. The number of anilines is 1. The Balaban J connectivity index is 1.77. The molecular formula is C17H17N3O5. The number of likely N-dealkylation sites (N-methyl/N-ethyl adjacent to an activating group) is 2. The minimum absolute atomic E-state index is 0.152. The number of hydrogen-bond acceptors (Lipinski definition) is 5. The van der Waals surface area contributed by atoms with Gasteiger partial charge in [0.25, 0.3) is 5.91 Å². The van der Waals surface area contributed by atoms with Crippen LogP contribution < -0.4 is 10.9 Å². The van der Waals surface area contributed by atoms with Crippen LogP contribution in [0.25, 0.3) is 11.0 Å². The maximum Gasteiger partial charge on any atom is 0.336 e. The SMILES string of the molecule is Cc1cc(=O)oc2cc(NC(=O)CC3C(=O)N(C)C(=O)N3C)ccc12. The lowest BCUT2D eigenvalue weighted by Crippen LogP contribution is -2.35. The van der Waals surface area contributed by atoms with Gasteiger partial charge in [-0.3, -0.25) is 14.5 Å². The molecule has 25 heavy (non-hydrogen) atoms. The Bertz CT molecular complexity index is 949. The third-order valence-corrected chi connectivity index (χ3v) is 4.29. The van der Waals surface area contributed by atoms with Crippen molar-refractivity contribution in [3.8, 4) is 0 Å². The molecule has 130 valence electrons. The number of nitrogens with zero attached hydrogens (tertiary/aromatic N) is 2. The Morgan fingerprint density at radius 2 is 1.92 bits per heavy atom. The van der Waals surface area contributed by atoms with Crippen LogP contribution in [0.4, 0.5) is 10.5 Å². The molecule has 0 spiro atoms. The molecule has 1 fully saturated rings. The number of carbonyl (C=O) groups is 3. The third-order valence-electron chi connectivity index (χ3n) is 4.29. The smallest absolute Gasteiger partial charge is 0.336 e. The molecule has 1 atom stereocenters. The van der Waals surface area contributed by atoms with Crippen LogP contribution in [0.3, 0.4) is 0 Å². The predicted octanol–water partition coefficient (Wildman–Crippen LogP) is 1.32. The fraction of sp³-hybridized carbons (Fsp3) is 0.294. The van der Waals surface area contributed by atoms with E-state index < -0.39 is 29.5 Å². The summed E-state index contributed by atoms with van der Waals surface area (Å²) in [5.74, 6) is -0.828. The largest absolute Gasteiger partial charge is 0.423 e. The highest BCUT2D eigenvalue weighted by Crippen LogP contribution is 2.22. The monoisotopic (exact) mass is 343 g/mol. The van der Waals surface area contributed by atoms with E-state index in [1.165, 1.54) is 25.1 Å². The Labute approximate surface area is 143 Å². The second-order valence-electron chi connectivity index (χ2n) is 6.02. The summed E-state index contributed by atoms with van der Waals surface area (Å²) in [4.78, 5) is 49.7. The van der Waals surface area contributed by atoms with Gasteiger partial charge < -0.3 is 14.6 Å². The predicted molar refractivity (Wildman–Crippen MR) is 90.2 cm³/mol. The first-order valence-corrected chi connectivity index (χ1v) is 7.66. The molecule has 8 nitrogen and oxygen atoms in total. The fourth-order valence-electron chi connectivity index (χ4n) is 2.87. The summed E-state index contributed by atoms with van der Waals surface area (Å²) in [6, 6.07) is 5.12. The number of urea groups is 1. The molecule has 1 aromatic carbocycles. The number of hydrogen-bond donors (Lipinski definition) is 1. The summed E-state index contributed by atoms with van der Waals surface area (Å²) in [5.41, 5.74) is 1.13. The molecule has 8 heteroatoms. The van der Waals surface area contributed by atoms with Crippen molar-refractivity contribution < 1.29 is 18.8 Å². The lowest BCUT2D eigenvalue weighted by Gasteiger charge is -2.15. The van der Waals surface area contributed by atoms with E-state index in [-0.39, 0.29) is 6.42 Å². The summed E-state index contributed by atoms with van der Waals surface area (Å²) < 4.78 is 5.14. The number of imide groups is 1. The Morgan fingerprint density at radius 1 is 1.20 bits per heavy atom. The average molecular weight is 343 g/mol. The van der Waals surface area contributed by atoms with Crippen LogP contribution in [-0.2, 0) is 9.59 Å². The summed E-state index contributed by atoms with van der Waals surface area (Å²) in [6.45, 7) is 1.80. The van der Waals surface area contributed by atoms with E-state index in [4.69, 9.17) is 4.42 Å². The normalized spacial score (nSPS) is 17.5. The van der Waals surface area contributed by atoms with Gasteiger partial charge in [0, 0.05) is 37.3 Å². The maximum absolute atomic E-state index is 12.2. The second kappa shape index (κ2) is 6.04. The van der Waals surface area contributed by atoms with Crippen molar-refractivity contribution in [3.05, 3.63) is 40.2 Å². The first-order valence-electron chi connectivity index (χ1n) is 7.66. The van der Waals surface area contributed by atoms with Gasteiger partial charge in [0.1, 0.15) is 11.6 Å². The van der Waals surface area contributed by atoms with Crippen LogP contribution in [0, 0.1) is 6.92 Å². The summed E-state index contributed by atoms with van der Waals surface area (Å²) >= 11 is 0. The van der Waals surface area contributed by atoms with Crippen LogP contribution in [0.5, 0.6) is 0 Å². The molecule has 1 aromatic heterocycles.